The lowest BCUT2D eigenvalue weighted by atomic mass is 10.1. The molecule has 0 aliphatic carbocycles. The highest BCUT2D eigenvalue weighted by molar-refractivity contribution is 7.14. The molecule has 2 rings (SSSR count). The smallest absolute Gasteiger partial charge is 0.151 e. The zero-order valence-electron chi connectivity index (χ0n) is 11.6. The van der Waals surface area contributed by atoms with Gasteiger partial charge in [-0.3, -0.25) is 0 Å². The summed E-state index contributed by atoms with van der Waals surface area (Å²) in [5.41, 5.74) is 2.22. The number of nitrogens with zero attached hydrogens (tertiary/aromatic N) is 2. The third-order valence-electron chi connectivity index (χ3n) is 2.82. The largest absolute Gasteiger partial charge is 0.496 e. The van der Waals surface area contributed by atoms with Gasteiger partial charge in [0.2, 0.25) is 0 Å². The fraction of sp³-hybridized carbons (Fsp3) is 0.429. The molecule has 0 amide bonds. The van der Waals surface area contributed by atoms with Gasteiger partial charge in [0.1, 0.15) is 10.8 Å². The SMILES string of the molecule is CCNCCc1nnc(-c2cc(C)ccc2OC)s1. The maximum absolute atomic E-state index is 5.39. The molecule has 0 unspecified atom stereocenters. The van der Waals surface area contributed by atoms with Crippen LogP contribution in [0, 0.1) is 6.92 Å². The number of likely N-dealkylation sites (N-methyl/N-ethyl adjacent to an activating group) is 1. The Morgan fingerprint density at radius 3 is 2.89 bits per heavy atom. The highest BCUT2D eigenvalue weighted by Crippen LogP contribution is 2.32. The molecule has 4 nitrogen and oxygen atoms in total. The van der Waals surface area contributed by atoms with Gasteiger partial charge in [0.25, 0.3) is 0 Å². The maximum Gasteiger partial charge on any atom is 0.151 e. The molecule has 0 saturated carbocycles. The van der Waals surface area contributed by atoms with Crippen LogP contribution in [0.15, 0.2) is 18.2 Å². The number of aromatic nitrogens is 2. The Bertz CT molecular complexity index is 539. The lowest BCUT2D eigenvalue weighted by molar-refractivity contribution is 0.416. The van der Waals surface area contributed by atoms with Crippen molar-refractivity contribution < 1.29 is 4.74 Å². The Labute approximate surface area is 117 Å². The summed E-state index contributed by atoms with van der Waals surface area (Å²) in [6.07, 6.45) is 0.916. The Hall–Kier alpha value is -1.46. The van der Waals surface area contributed by atoms with E-state index in [2.05, 4.69) is 35.4 Å². The molecular formula is C14H19N3OS. The zero-order chi connectivity index (χ0) is 13.7. The minimum absolute atomic E-state index is 0.847. The lowest BCUT2D eigenvalue weighted by Crippen LogP contribution is -2.15. The summed E-state index contributed by atoms with van der Waals surface area (Å²) in [6, 6.07) is 6.10. The van der Waals surface area contributed by atoms with Crippen molar-refractivity contribution in [2.24, 2.45) is 0 Å². The number of ether oxygens (including phenoxy) is 1. The number of methoxy groups -OCH3 is 1. The van der Waals surface area contributed by atoms with Crippen LogP contribution in [-0.2, 0) is 6.42 Å². The van der Waals surface area contributed by atoms with Gasteiger partial charge in [-0.05, 0) is 25.6 Å². The summed E-state index contributed by atoms with van der Waals surface area (Å²) in [4.78, 5) is 0. The number of hydrogen-bond acceptors (Lipinski definition) is 5. The fourth-order valence-electron chi connectivity index (χ4n) is 1.82. The fourth-order valence-corrected chi connectivity index (χ4v) is 2.68. The normalized spacial score (nSPS) is 10.7. The number of benzene rings is 1. The molecule has 0 fully saturated rings. The summed E-state index contributed by atoms with van der Waals surface area (Å²) in [5.74, 6) is 0.847. The van der Waals surface area contributed by atoms with E-state index in [9.17, 15) is 0 Å². The minimum atomic E-state index is 0.847. The van der Waals surface area contributed by atoms with Crippen LogP contribution >= 0.6 is 11.3 Å². The third kappa shape index (κ3) is 3.52. The Morgan fingerprint density at radius 1 is 1.32 bits per heavy atom. The van der Waals surface area contributed by atoms with Gasteiger partial charge in [-0.25, -0.2) is 0 Å². The molecule has 2 aromatic rings. The van der Waals surface area contributed by atoms with Crippen LogP contribution in [0.2, 0.25) is 0 Å². The first-order chi connectivity index (χ1) is 9.24. The molecule has 1 N–H and O–H groups in total. The quantitative estimate of drug-likeness (QED) is 0.825. The van der Waals surface area contributed by atoms with E-state index >= 15 is 0 Å². The second-order valence-corrected chi connectivity index (χ2v) is 5.37. The van der Waals surface area contributed by atoms with Crippen LogP contribution in [0.25, 0.3) is 10.6 Å². The van der Waals surface area contributed by atoms with E-state index < -0.39 is 0 Å². The molecule has 5 heteroatoms. The predicted octanol–water partition coefficient (Wildman–Crippen LogP) is 2.67. The van der Waals surface area contributed by atoms with Gasteiger partial charge < -0.3 is 10.1 Å². The topological polar surface area (TPSA) is 47.0 Å². The van der Waals surface area contributed by atoms with E-state index in [0.29, 0.717) is 0 Å². The maximum atomic E-state index is 5.39. The van der Waals surface area contributed by atoms with Crippen LogP contribution in [0.3, 0.4) is 0 Å². The number of nitrogens with one attached hydrogen (secondary N) is 1. The minimum Gasteiger partial charge on any atom is -0.496 e. The average Bonchev–Trinajstić information content (AvgIpc) is 2.88. The number of hydrogen-bond donors (Lipinski definition) is 1. The van der Waals surface area contributed by atoms with Gasteiger partial charge in [-0.1, -0.05) is 29.9 Å². The molecule has 1 heterocycles. The Balaban J connectivity index is 2.20. The van der Waals surface area contributed by atoms with Crippen molar-refractivity contribution in [2.75, 3.05) is 20.2 Å². The molecule has 1 aromatic carbocycles. The summed E-state index contributed by atoms with van der Waals surface area (Å²) in [6.45, 7) is 6.09. The van der Waals surface area contributed by atoms with Gasteiger partial charge in [0.15, 0.2) is 5.01 Å². The lowest BCUT2D eigenvalue weighted by Gasteiger charge is -2.06. The Morgan fingerprint density at radius 2 is 2.16 bits per heavy atom. The summed E-state index contributed by atoms with van der Waals surface area (Å²) >= 11 is 1.63. The van der Waals surface area contributed by atoms with Crippen LogP contribution < -0.4 is 10.1 Å². The molecule has 19 heavy (non-hydrogen) atoms. The molecule has 0 aliphatic rings. The van der Waals surface area contributed by atoms with Crippen molar-refractivity contribution in [1.82, 2.24) is 15.5 Å². The van der Waals surface area contributed by atoms with Crippen LogP contribution in [0.1, 0.15) is 17.5 Å². The second kappa shape index (κ2) is 6.63. The van der Waals surface area contributed by atoms with E-state index in [4.69, 9.17) is 4.74 Å². The van der Waals surface area contributed by atoms with Crippen LogP contribution in [0.4, 0.5) is 0 Å². The van der Waals surface area contributed by atoms with Crippen LogP contribution in [0.5, 0.6) is 5.75 Å². The van der Waals surface area contributed by atoms with Crippen molar-refractivity contribution in [3.05, 3.63) is 28.8 Å². The Kier molecular flexibility index (Phi) is 4.87. The van der Waals surface area contributed by atoms with E-state index in [0.717, 1.165) is 40.8 Å². The van der Waals surface area contributed by atoms with Gasteiger partial charge >= 0.3 is 0 Å². The molecule has 0 atom stereocenters. The zero-order valence-corrected chi connectivity index (χ0v) is 12.4. The molecular weight excluding hydrogens is 258 g/mol. The van der Waals surface area contributed by atoms with Gasteiger partial charge in [-0.15, -0.1) is 10.2 Å². The first-order valence-electron chi connectivity index (χ1n) is 6.42. The van der Waals surface area contributed by atoms with Gasteiger partial charge in [0.05, 0.1) is 12.7 Å². The summed E-state index contributed by atoms with van der Waals surface area (Å²) < 4.78 is 5.39. The van der Waals surface area contributed by atoms with Gasteiger partial charge in [0, 0.05) is 13.0 Å². The number of rotatable bonds is 6. The van der Waals surface area contributed by atoms with E-state index in [1.54, 1.807) is 18.4 Å². The highest BCUT2D eigenvalue weighted by Gasteiger charge is 2.11. The van der Waals surface area contributed by atoms with E-state index in [1.165, 1.54) is 5.56 Å². The number of aryl methyl sites for hydroxylation is 1. The first-order valence-corrected chi connectivity index (χ1v) is 7.24. The summed E-state index contributed by atoms with van der Waals surface area (Å²) in [5, 5.41) is 13.8. The molecule has 0 bridgehead atoms. The summed E-state index contributed by atoms with van der Waals surface area (Å²) in [7, 11) is 1.68. The highest BCUT2D eigenvalue weighted by atomic mass is 32.1. The van der Waals surface area contributed by atoms with Gasteiger partial charge in [-0.2, -0.15) is 0 Å². The monoisotopic (exact) mass is 277 g/mol. The molecule has 0 radical (unpaired) electrons. The van der Waals surface area contributed by atoms with Crippen molar-refractivity contribution in [3.63, 3.8) is 0 Å². The van der Waals surface area contributed by atoms with E-state index in [-0.39, 0.29) is 0 Å². The van der Waals surface area contributed by atoms with Crippen molar-refractivity contribution in [2.45, 2.75) is 20.3 Å². The average molecular weight is 277 g/mol. The molecule has 102 valence electrons. The molecule has 1 aromatic heterocycles. The van der Waals surface area contributed by atoms with E-state index in [1.807, 2.05) is 12.1 Å². The van der Waals surface area contributed by atoms with Crippen molar-refractivity contribution in [3.8, 4) is 16.3 Å². The second-order valence-electron chi connectivity index (χ2n) is 4.31. The van der Waals surface area contributed by atoms with Crippen molar-refractivity contribution >= 4 is 11.3 Å². The van der Waals surface area contributed by atoms with Crippen LogP contribution in [-0.4, -0.2) is 30.4 Å². The molecule has 0 spiro atoms. The standard InChI is InChI=1S/C14H19N3OS/c1-4-15-8-7-13-16-17-14(19-13)11-9-10(2)5-6-12(11)18-3/h5-6,9,15H,4,7-8H2,1-3H3. The van der Waals surface area contributed by atoms with Crippen molar-refractivity contribution in [1.29, 1.82) is 0 Å². The molecule has 0 saturated heterocycles. The molecule has 0 aliphatic heterocycles. The third-order valence-corrected chi connectivity index (χ3v) is 3.83. The first kappa shape index (κ1) is 14.0. The predicted molar refractivity (Wildman–Crippen MR) is 78.9 cm³/mol.